The van der Waals surface area contributed by atoms with Gasteiger partial charge in [0.2, 0.25) is 5.95 Å². The SMILES string of the molecule is CC1(C)Cc2nc(N3C4CCC3CC(c3ncc(Cl)cn3)C4)nc(NC3(CO)CCC3)c2S1=O. The lowest BCUT2D eigenvalue weighted by molar-refractivity contribution is 0.143. The molecular weight excluding hydrogens is 472 g/mol. The van der Waals surface area contributed by atoms with Gasteiger partial charge in [-0.05, 0) is 58.8 Å². The van der Waals surface area contributed by atoms with Gasteiger partial charge in [0, 0.05) is 36.8 Å². The molecule has 5 heterocycles. The van der Waals surface area contributed by atoms with Crippen LogP contribution in [-0.2, 0) is 17.2 Å². The third kappa shape index (κ3) is 3.62. The van der Waals surface area contributed by atoms with Gasteiger partial charge in [-0.15, -0.1) is 0 Å². The summed E-state index contributed by atoms with van der Waals surface area (Å²) in [6.45, 7) is 4.11. The molecule has 2 aromatic heterocycles. The van der Waals surface area contributed by atoms with E-state index in [2.05, 4.69) is 20.2 Å². The molecule has 0 radical (unpaired) electrons. The van der Waals surface area contributed by atoms with Crippen LogP contribution in [0.4, 0.5) is 11.8 Å². The molecule has 2 saturated heterocycles. The molecule has 0 amide bonds. The summed E-state index contributed by atoms with van der Waals surface area (Å²) in [5, 5.41) is 14.2. The van der Waals surface area contributed by atoms with Crippen molar-refractivity contribution in [2.24, 2.45) is 0 Å². The largest absolute Gasteiger partial charge is 0.394 e. The second-order valence-corrected chi connectivity index (χ2v) is 13.5. The molecule has 4 aliphatic rings. The summed E-state index contributed by atoms with van der Waals surface area (Å²) < 4.78 is 13.0. The minimum absolute atomic E-state index is 0.0505. The van der Waals surface area contributed by atoms with Crippen LogP contribution >= 0.6 is 11.6 Å². The highest BCUT2D eigenvalue weighted by molar-refractivity contribution is 7.87. The molecule has 1 saturated carbocycles. The van der Waals surface area contributed by atoms with Crippen molar-refractivity contribution in [2.45, 2.75) is 98.4 Å². The van der Waals surface area contributed by atoms with Crippen LogP contribution in [0.1, 0.15) is 76.2 Å². The lowest BCUT2D eigenvalue weighted by atomic mass is 9.77. The fraction of sp³-hybridized carbons (Fsp3) is 0.667. The molecule has 182 valence electrons. The van der Waals surface area contributed by atoms with E-state index in [0.717, 1.165) is 67.3 Å². The van der Waals surface area contributed by atoms with Crippen molar-refractivity contribution in [1.29, 1.82) is 0 Å². The minimum Gasteiger partial charge on any atom is -0.394 e. The summed E-state index contributed by atoms with van der Waals surface area (Å²) in [6, 6.07) is 0.647. The summed E-state index contributed by atoms with van der Waals surface area (Å²) in [7, 11) is -1.20. The van der Waals surface area contributed by atoms with Crippen molar-refractivity contribution in [1.82, 2.24) is 19.9 Å². The first kappa shape index (κ1) is 22.6. The zero-order chi connectivity index (χ0) is 23.7. The van der Waals surface area contributed by atoms with Crippen LogP contribution in [0.2, 0.25) is 5.02 Å². The first-order chi connectivity index (χ1) is 16.3. The third-order valence-electron chi connectivity index (χ3n) is 8.17. The topological polar surface area (TPSA) is 104 Å². The van der Waals surface area contributed by atoms with Crippen molar-refractivity contribution in [3.63, 3.8) is 0 Å². The van der Waals surface area contributed by atoms with E-state index in [1.807, 2.05) is 13.8 Å². The lowest BCUT2D eigenvalue weighted by Crippen LogP contribution is -2.49. The Balaban J connectivity index is 1.34. The Morgan fingerprint density at radius 1 is 1.18 bits per heavy atom. The van der Waals surface area contributed by atoms with Crippen LogP contribution in [0.15, 0.2) is 17.3 Å². The van der Waals surface area contributed by atoms with Crippen molar-refractivity contribution >= 4 is 34.2 Å². The number of rotatable bonds is 5. The summed E-state index contributed by atoms with van der Waals surface area (Å²) in [4.78, 5) is 22.1. The molecule has 3 atom stereocenters. The molecule has 6 rings (SSSR count). The van der Waals surface area contributed by atoms with Crippen molar-refractivity contribution in [3.05, 3.63) is 28.9 Å². The summed E-state index contributed by atoms with van der Waals surface area (Å²) in [5.41, 5.74) is 0.514. The van der Waals surface area contributed by atoms with Gasteiger partial charge in [0.1, 0.15) is 16.5 Å². The molecule has 34 heavy (non-hydrogen) atoms. The molecule has 2 bridgehead atoms. The smallest absolute Gasteiger partial charge is 0.228 e. The van der Waals surface area contributed by atoms with E-state index in [1.165, 1.54) is 0 Å². The Labute approximate surface area is 207 Å². The van der Waals surface area contributed by atoms with Crippen LogP contribution in [0.3, 0.4) is 0 Å². The fourth-order valence-electron chi connectivity index (χ4n) is 6.17. The number of aromatic nitrogens is 4. The number of hydrogen-bond donors (Lipinski definition) is 2. The van der Waals surface area contributed by atoms with Gasteiger partial charge in [-0.2, -0.15) is 4.98 Å². The first-order valence-electron chi connectivity index (χ1n) is 12.3. The molecule has 0 spiro atoms. The van der Waals surface area contributed by atoms with E-state index in [1.54, 1.807) is 12.4 Å². The predicted octanol–water partition coefficient (Wildman–Crippen LogP) is 3.60. The molecule has 8 nitrogen and oxygen atoms in total. The summed E-state index contributed by atoms with van der Waals surface area (Å²) in [5.74, 6) is 2.55. The zero-order valence-corrected chi connectivity index (χ0v) is 21.2. The van der Waals surface area contributed by atoms with Gasteiger partial charge in [0.05, 0.1) is 38.4 Å². The Bertz CT molecular complexity index is 1120. The first-order valence-corrected chi connectivity index (χ1v) is 13.8. The number of halogens is 1. The maximum atomic E-state index is 13.4. The highest BCUT2D eigenvalue weighted by atomic mass is 35.5. The zero-order valence-electron chi connectivity index (χ0n) is 19.6. The molecule has 2 aromatic rings. The van der Waals surface area contributed by atoms with E-state index >= 15 is 0 Å². The van der Waals surface area contributed by atoms with Gasteiger partial charge >= 0.3 is 0 Å². The van der Waals surface area contributed by atoms with Crippen LogP contribution in [0, 0.1) is 0 Å². The summed E-state index contributed by atoms with van der Waals surface area (Å²) in [6.07, 6.45) is 11.0. The Kier molecular flexibility index (Phi) is 5.39. The van der Waals surface area contributed by atoms with Crippen LogP contribution in [0.5, 0.6) is 0 Å². The maximum absolute atomic E-state index is 13.4. The lowest BCUT2D eigenvalue weighted by Gasteiger charge is -2.42. The monoisotopic (exact) mass is 502 g/mol. The second-order valence-electron chi connectivity index (χ2n) is 11.0. The van der Waals surface area contributed by atoms with Gasteiger partial charge in [-0.1, -0.05) is 11.6 Å². The van der Waals surface area contributed by atoms with Crippen molar-refractivity contribution < 1.29 is 9.32 Å². The van der Waals surface area contributed by atoms with E-state index in [-0.39, 0.29) is 16.9 Å². The summed E-state index contributed by atoms with van der Waals surface area (Å²) >= 11 is 5.99. The highest BCUT2D eigenvalue weighted by Crippen LogP contribution is 2.47. The quantitative estimate of drug-likeness (QED) is 0.639. The molecule has 3 aliphatic heterocycles. The normalized spacial score (nSPS) is 30.6. The Morgan fingerprint density at radius 3 is 2.44 bits per heavy atom. The standard InChI is InChI=1S/C24H31ClN6O2S/c1-23(2)10-18-19(34(23)33)21(30-24(13-32)6-3-7-24)29-22(28-18)31-16-4-5-17(31)9-14(8-16)20-26-11-15(25)12-27-20/h11-12,14,16-17,32H,3-10,13H2,1-2H3,(H,28,29,30). The third-order valence-corrected chi connectivity index (χ3v) is 10.3. The average Bonchev–Trinajstić information content (AvgIpc) is 3.18. The molecule has 3 unspecified atom stereocenters. The van der Waals surface area contributed by atoms with E-state index in [0.29, 0.717) is 35.3 Å². The van der Waals surface area contributed by atoms with E-state index < -0.39 is 10.8 Å². The average molecular weight is 503 g/mol. The molecular formula is C24H31ClN6O2S. The van der Waals surface area contributed by atoms with Crippen LogP contribution in [0.25, 0.3) is 0 Å². The fourth-order valence-corrected chi connectivity index (χ4v) is 7.69. The molecule has 10 heteroatoms. The molecule has 2 N–H and O–H groups in total. The van der Waals surface area contributed by atoms with Gasteiger partial charge in [-0.3, -0.25) is 4.21 Å². The maximum Gasteiger partial charge on any atom is 0.228 e. The van der Waals surface area contributed by atoms with E-state index in [4.69, 9.17) is 21.6 Å². The Hall–Kier alpha value is -1.84. The highest BCUT2D eigenvalue weighted by Gasteiger charge is 2.47. The number of anilines is 2. The van der Waals surface area contributed by atoms with Crippen LogP contribution in [-0.4, -0.2) is 58.2 Å². The molecule has 0 aromatic carbocycles. The number of hydrogen-bond acceptors (Lipinski definition) is 8. The molecule has 1 aliphatic carbocycles. The van der Waals surface area contributed by atoms with Gasteiger partial charge < -0.3 is 15.3 Å². The van der Waals surface area contributed by atoms with Crippen LogP contribution < -0.4 is 10.2 Å². The second kappa shape index (κ2) is 8.10. The molecule has 3 fully saturated rings. The number of nitrogens with one attached hydrogen (secondary N) is 1. The van der Waals surface area contributed by atoms with Gasteiger partial charge in [0.25, 0.3) is 0 Å². The van der Waals surface area contributed by atoms with E-state index in [9.17, 15) is 9.32 Å². The number of aliphatic hydroxyl groups excluding tert-OH is 1. The van der Waals surface area contributed by atoms with Crippen molar-refractivity contribution in [3.8, 4) is 0 Å². The number of nitrogens with zero attached hydrogens (tertiary/aromatic N) is 5. The van der Waals surface area contributed by atoms with Gasteiger partial charge in [0.15, 0.2) is 0 Å². The number of fused-ring (bicyclic) bond motifs is 3. The minimum atomic E-state index is -1.20. The predicted molar refractivity (Wildman–Crippen MR) is 132 cm³/mol. The van der Waals surface area contributed by atoms with Crippen molar-refractivity contribution in [2.75, 3.05) is 16.8 Å². The Morgan fingerprint density at radius 2 is 1.85 bits per heavy atom. The number of aliphatic hydroxyl groups is 1. The number of piperidine rings is 1. The van der Waals surface area contributed by atoms with Gasteiger partial charge in [-0.25, -0.2) is 15.0 Å².